The number of carbonyl (C=O) groups is 2. The normalized spacial score (nSPS) is 10.5. The summed E-state index contributed by atoms with van der Waals surface area (Å²) in [7, 11) is 1.15. The van der Waals surface area contributed by atoms with Gasteiger partial charge in [-0.15, -0.1) is 0 Å². The third kappa shape index (κ3) is 3.10. The molecule has 0 spiro atoms. The zero-order valence-corrected chi connectivity index (χ0v) is 8.74. The predicted octanol–water partition coefficient (Wildman–Crippen LogP) is 1.85. The van der Waals surface area contributed by atoms with Gasteiger partial charge in [0.1, 0.15) is 17.2 Å². The Labute approximate surface area is 95.1 Å². The van der Waals surface area contributed by atoms with E-state index in [4.69, 9.17) is 5.11 Å². The van der Waals surface area contributed by atoms with E-state index >= 15 is 0 Å². The summed E-state index contributed by atoms with van der Waals surface area (Å²) in [5, 5.41) is 8.52. The second-order valence-corrected chi connectivity index (χ2v) is 3.02. The first-order valence-electron chi connectivity index (χ1n) is 4.44. The smallest absolute Gasteiger partial charge is 0.341 e. The van der Waals surface area contributed by atoms with Crippen molar-refractivity contribution in [3.8, 4) is 0 Å². The van der Waals surface area contributed by atoms with Crippen LogP contribution in [0.25, 0.3) is 6.08 Å². The lowest BCUT2D eigenvalue weighted by Crippen LogP contribution is -2.05. The molecular weight excluding hydrogens is 234 g/mol. The number of carboxylic acids is 1. The van der Waals surface area contributed by atoms with E-state index in [0.29, 0.717) is 0 Å². The number of esters is 1. The molecule has 0 heterocycles. The minimum Gasteiger partial charge on any atom is -0.477 e. The molecule has 1 aromatic carbocycles. The van der Waals surface area contributed by atoms with Gasteiger partial charge in [0.2, 0.25) is 0 Å². The number of carboxylic acid groups (broad SMARTS) is 1. The van der Waals surface area contributed by atoms with Crippen molar-refractivity contribution in [1.29, 1.82) is 0 Å². The average Bonchev–Trinajstić information content (AvgIpc) is 2.24. The third-order valence-electron chi connectivity index (χ3n) is 1.89. The van der Waals surface area contributed by atoms with E-state index in [1.165, 1.54) is 0 Å². The number of carbonyl (C=O) groups excluding carboxylic acids is 1. The van der Waals surface area contributed by atoms with Gasteiger partial charge in [0.15, 0.2) is 0 Å². The van der Waals surface area contributed by atoms with Crippen molar-refractivity contribution in [2.75, 3.05) is 7.11 Å². The quantitative estimate of drug-likeness (QED) is 0.649. The molecule has 6 heteroatoms. The summed E-state index contributed by atoms with van der Waals surface area (Å²) in [6.45, 7) is 0. The second-order valence-electron chi connectivity index (χ2n) is 3.02. The number of aromatic carboxylic acids is 1. The fourth-order valence-corrected chi connectivity index (χ4v) is 1.13. The van der Waals surface area contributed by atoms with Crippen molar-refractivity contribution in [2.45, 2.75) is 0 Å². The fourth-order valence-electron chi connectivity index (χ4n) is 1.13. The number of benzene rings is 1. The van der Waals surface area contributed by atoms with E-state index in [0.717, 1.165) is 31.4 Å². The van der Waals surface area contributed by atoms with Crippen LogP contribution in [0.5, 0.6) is 0 Å². The van der Waals surface area contributed by atoms with Crippen molar-refractivity contribution in [1.82, 2.24) is 0 Å². The SMILES string of the molecule is COC(=O)C=Cc1cc(F)c(C(=O)O)c(F)c1. The number of hydrogen-bond donors (Lipinski definition) is 1. The molecule has 0 aliphatic rings. The highest BCUT2D eigenvalue weighted by molar-refractivity contribution is 5.89. The lowest BCUT2D eigenvalue weighted by Gasteiger charge is -2.01. The summed E-state index contributed by atoms with van der Waals surface area (Å²) in [4.78, 5) is 21.2. The number of ether oxygens (including phenoxy) is 1. The Morgan fingerprint density at radius 2 is 1.82 bits per heavy atom. The van der Waals surface area contributed by atoms with Gasteiger partial charge < -0.3 is 9.84 Å². The molecule has 17 heavy (non-hydrogen) atoms. The summed E-state index contributed by atoms with van der Waals surface area (Å²) >= 11 is 0. The van der Waals surface area contributed by atoms with Crippen LogP contribution >= 0.6 is 0 Å². The summed E-state index contributed by atoms with van der Waals surface area (Å²) < 4.78 is 30.7. The molecule has 0 aliphatic carbocycles. The highest BCUT2D eigenvalue weighted by atomic mass is 19.1. The molecule has 4 nitrogen and oxygen atoms in total. The Bertz CT molecular complexity index is 471. The highest BCUT2D eigenvalue weighted by Crippen LogP contribution is 2.16. The van der Waals surface area contributed by atoms with E-state index in [2.05, 4.69) is 4.74 Å². The molecule has 90 valence electrons. The van der Waals surface area contributed by atoms with E-state index in [-0.39, 0.29) is 5.56 Å². The van der Waals surface area contributed by atoms with Crippen molar-refractivity contribution < 1.29 is 28.2 Å². The Balaban J connectivity index is 3.11. The highest BCUT2D eigenvalue weighted by Gasteiger charge is 2.16. The molecule has 0 aliphatic heterocycles. The molecule has 0 bridgehead atoms. The van der Waals surface area contributed by atoms with Gasteiger partial charge in [-0.25, -0.2) is 18.4 Å². The van der Waals surface area contributed by atoms with Gasteiger partial charge in [-0.2, -0.15) is 0 Å². The fraction of sp³-hybridized carbons (Fsp3) is 0.0909. The van der Waals surface area contributed by atoms with Crippen molar-refractivity contribution in [3.05, 3.63) is 41.0 Å². The molecule has 0 amide bonds. The van der Waals surface area contributed by atoms with Crippen LogP contribution in [-0.2, 0) is 9.53 Å². The number of hydrogen-bond acceptors (Lipinski definition) is 3. The average molecular weight is 242 g/mol. The molecule has 0 fully saturated rings. The van der Waals surface area contributed by atoms with Crippen molar-refractivity contribution >= 4 is 18.0 Å². The minimum atomic E-state index is -1.69. The second kappa shape index (κ2) is 5.20. The summed E-state index contributed by atoms with van der Waals surface area (Å²) in [6.07, 6.45) is 2.08. The first-order chi connectivity index (χ1) is 7.95. The molecule has 0 saturated carbocycles. The van der Waals surface area contributed by atoms with E-state index < -0.39 is 29.1 Å². The first-order valence-corrected chi connectivity index (χ1v) is 4.44. The van der Waals surface area contributed by atoms with Gasteiger partial charge in [-0.1, -0.05) is 0 Å². The Morgan fingerprint density at radius 3 is 2.24 bits per heavy atom. The molecule has 0 aromatic heterocycles. The standard InChI is InChI=1S/C11H8F2O4/c1-17-9(14)3-2-6-4-7(12)10(11(15)16)8(13)5-6/h2-5H,1H3,(H,15,16). The number of rotatable bonds is 3. The predicted molar refractivity (Wildman–Crippen MR) is 54.4 cm³/mol. The molecule has 0 unspecified atom stereocenters. The summed E-state index contributed by atoms with van der Waals surface area (Å²) in [5.74, 6) is -4.79. The van der Waals surface area contributed by atoms with Crippen LogP contribution in [0.4, 0.5) is 8.78 Å². The molecular formula is C11H8F2O4. The van der Waals surface area contributed by atoms with Gasteiger partial charge in [0, 0.05) is 6.08 Å². The third-order valence-corrected chi connectivity index (χ3v) is 1.89. The summed E-state index contributed by atoms with van der Waals surface area (Å²) in [6, 6.07) is 1.62. The van der Waals surface area contributed by atoms with E-state index in [1.54, 1.807) is 0 Å². The lowest BCUT2D eigenvalue weighted by molar-refractivity contribution is -0.134. The van der Waals surface area contributed by atoms with Gasteiger partial charge in [-0.05, 0) is 23.8 Å². The topological polar surface area (TPSA) is 63.6 Å². The van der Waals surface area contributed by atoms with E-state index in [9.17, 15) is 18.4 Å². The van der Waals surface area contributed by atoms with Gasteiger partial charge in [0.05, 0.1) is 7.11 Å². The zero-order chi connectivity index (χ0) is 13.0. The Morgan fingerprint density at radius 1 is 1.29 bits per heavy atom. The molecule has 0 radical (unpaired) electrons. The Hall–Kier alpha value is -2.24. The van der Waals surface area contributed by atoms with Crippen LogP contribution in [0.3, 0.4) is 0 Å². The van der Waals surface area contributed by atoms with Gasteiger partial charge in [0.25, 0.3) is 0 Å². The van der Waals surface area contributed by atoms with Crippen LogP contribution in [0.15, 0.2) is 18.2 Å². The maximum atomic E-state index is 13.2. The van der Waals surface area contributed by atoms with Crippen molar-refractivity contribution in [3.63, 3.8) is 0 Å². The molecule has 1 N–H and O–H groups in total. The summed E-state index contributed by atoms with van der Waals surface area (Å²) in [5.41, 5.74) is -1.00. The minimum absolute atomic E-state index is 0.0235. The van der Waals surface area contributed by atoms with Crippen LogP contribution in [0, 0.1) is 11.6 Å². The number of halogens is 2. The van der Waals surface area contributed by atoms with Crippen LogP contribution in [-0.4, -0.2) is 24.2 Å². The Kier molecular flexibility index (Phi) is 3.92. The van der Waals surface area contributed by atoms with Gasteiger partial charge >= 0.3 is 11.9 Å². The maximum Gasteiger partial charge on any atom is 0.341 e. The molecule has 0 saturated heterocycles. The van der Waals surface area contributed by atoms with Crippen LogP contribution in [0.1, 0.15) is 15.9 Å². The zero-order valence-electron chi connectivity index (χ0n) is 8.74. The lowest BCUT2D eigenvalue weighted by atomic mass is 10.1. The van der Waals surface area contributed by atoms with Gasteiger partial charge in [-0.3, -0.25) is 0 Å². The molecule has 0 atom stereocenters. The van der Waals surface area contributed by atoms with E-state index in [1.807, 2.05) is 0 Å². The maximum absolute atomic E-state index is 13.2. The monoisotopic (exact) mass is 242 g/mol. The first kappa shape index (κ1) is 12.8. The largest absolute Gasteiger partial charge is 0.477 e. The van der Waals surface area contributed by atoms with Crippen LogP contribution in [0.2, 0.25) is 0 Å². The molecule has 1 rings (SSSR count). The van der Waals surface area contributed by atoms with Crippen molar-refractivity contribution in [2.24, 2.45) is 0 Å². The number of methoxy groups -OCH3 is 1. The van der Waals surface area contributed by atoms with Crippen LogP contribution < -0.4 is 0 Å². The molecule has 1 aromatic rings.